The van der Waals surface area contributed by atoms with Gasteiger partial charge in [0.2, 0.25) is 5.95 Å². The highest BCUT2D eigenvalue weighted by Crippen LogP contribution is 2.34. The van der Waals surface area contributed by atoms with Crippen molar-refractivity contribution in [3.05, 3.63) is 64.8 Å². The maximum atomic E-state index is 5.47. The minimum absolute atomic E-state index is 0.606. The van der Waals surface area contributed by atoms with Crippen molar-refractivity contribution >= 4 is 17.5 Å². The summed E-state index contributed by atoms with van der Waals surface area (Å²) in [6.45, 7) is 5.82. The Labute approximate surface area is 171 Å². The number of hydrogen-bond acceptors (Lipinski definition) is 6. The van der Waals surface area contributed by atoms with Crippen LogP contribution in [0.2, 0.25) is 0 Å². The molecule has 6 heteroatoms. The highest BCUT2D eigenvalue weighted by atomic mass is 16.5. The standard InChI is InChI=1S/C23H26N4O2/c1-15-5-6-16(2)19(11-15)25-23-24-9-7-22(26-23)27-10-8-17-12-20(28-3)21(29-4)13-18(17)14-27/h5-7,9,11-13H,8,10,14H2,1-4H3,(H,24,25,26). The molecule has 6 nitrogen and oxygen atoms in total. The van der Waals surface area contributed by atoms with E-state index in [1.807, 2.05) is 6.07 Å². The molecular weight excluding hydrogens is 364 g/mol. The number of fused-ring (bicyclic) bond motifs is 1. The lowest BCUT2D eigenvalue weighted by molar-refractivity contribution is 0.353. The molecule has 0 fully saturated rings. The van der Waals surface area contributed by atoms with Crippen molar-refractivity contribution in [1.29, 1.82) is 0 Å². The third kappa shape index (κ3) is 3.97. The van der Waals surface area contributed by atoms with Crippen LogP contribution in [0, 0.1) is 13.8 Å². The van der Waals surface area contributed by atoms with Gasteiger partial charge in [-0.15, -0.1) is 0 Å². The van der Waals surface area contributed by atoms with E-state index in [0.717, 1.165) is 48.1 Å². The Bertz CT molecular complexity index is 1040. The van der Waals surface area contributed by atoms with E-state index in [-0.39, 0.29) is 0 Å². The molecule has 0 unspecified atom stereocenters. The third-order valence-electron chi connectivity index (χ3n) is 5.32. The Morgan fingerprint density at radius 2 is 1.72 bits per heavy atom. The van der Waals surface area contributed by atoms with Crippen molar-refractivity contribution in [3.8, 4) is 11.5 Å². The number of aryl methyl sites for hydroxylation is 2. The number of aromatic nitrogens is 2. The van der Waals surface area contributed by atoms with Crippen molar-refractivity contribution in [2.24, 2.45) is 0 Å². The molecule has 4 rings (SSSR count). The fraction of sp³-hybridized carbons (Fsp3) is 0.304. The molecular formula is C23H26N4O2. The molecule has 0 amide bonds. The van der Waals surface area contributed by atoms with E-state index in [9.17, 15) is 0 Å². The predicted octanol–water partition coefficient (Wildman–Crippen LogP) is 4.42. The van der Waals surface area contributed by atoms with Gasteiger partial charge in [-0.25, -0.2) is 4.98 Å². The lowest BCUT2D eigenvalue weighted by Crippen LogP contribution is -2.31. The maximum absolute atomic E-state index is 5.47. The van der Waals surface area contributed by atoms with E-state index >= 15 is 0 Å². The van der Waals surface area contributed by atoms with Crippen molar-refractivity contribution in [2.75, 3.05) is 31.0 Å². The number of benzene rings is 2. The first-order valence-corrected chi connectivity index (χ1v) is 9.73. The third-order valence-corrected chi connectivity index (χ3v) is 5.32. The van der Waals surface area contributed by atoms with Gasteiger partial charge in [0.05, 0.1) is 14.2 Å². The zero-order valence-corrected chi connectivity index (χ0v) is 17.3. The second-order valence-electron chi connectivity index (χ2n) is 7.33. The summed E-state index contributed by atoms with van der Waals surface area (Å²) in [5.74, 6) is 3.05. The van der Waals surface area contributed by atoms with Gasteiger partial charge in [0.15, 0.2) is 11.5 Å². The fourth-order valence-electron chi connectivity index (χ4n) is 3.66. The Morgan fingerprint density at radius 1 is 0.966 bits per heavy atom. The Morgan fingerprint density at radius 3 is 2.48 bits per heavy atom. The molecule has 1 aliphatic rings. The average Bonchev–Trinajstić information content (AvgIpc) is 2.75. The molecule has 0 spiro atoms. The Hall–Kier alpha value is -3.28. The molecule has 29 heavy (non-hydrogen) atoms. The number of ether oxygens (including phenoxy) is 2. The SMILES string of the molecule is COc1cc2c(cc1OC)CN(c1ccnc(Nc3cc(C)ccc3C)n1)CC2. The van der Waals surface area contributed by atoms with Gasteiger partial charge in [0.1, 0.15) is 5.82 Å². The van der Waals surface area contributed by atoms with Crippen molar-refractivity contribution < 1.29 is 9.47 Å². The van der Waals surface area contributed by atoms with Gasteiger partial charge >= 0.3 is 0 Å². The smallest absolute Gasteiger partial charge is 0.229 e. The quantitative estimate of drug-likeness (QED) is 0.696. The molecule has 1 N–H and O–H groups in total. The highest BCUT2D eigenvalue weighted by molar-refractivity contribution is 5.60. The minimum atomic E-state index is 0.606. The molecule has 3 aromatic rings. The molecule has 1 aliphatic heterocycles. The molecule has 0 bridgehead atoms. The molecule has 0 saturated carbocycles. The zero-order valence-electron chi connectivity index (χ0n) is 17.3. The van der Waals surface area contributed by atoms with Crippen LogP contribution >= 0.6 is 0 Å². The Balaban J connectivity index is 1.57. The van der Waals surface area contributed by atoms with Crippen LogP contribution in [-0.2, 0) is 13.0 Å². The van der Waals surface area contributed by atoms with Gasteiger partial charge in [0, 0.05) is 25.0 Å². The summed E-state index contributed by atoms with van der Waals surface area (Å²) in [6, 6.07) is 12.4. The normalized spacial score (nSPS) is 13.0. The molecule has 0 aliphatic carbocycles. The largest absolute Gasteiger partial charge is 0.493 e. The first-order chi connectivity index (χ1) is 14.1. The van der Waals surface area contributed by atoms with E-state index in [1.165, 1.54) is 16.7 Å². The zero-order chi connectivity index (χ0) is 20.4. The van der Waals surface area contributed by atoms with Gasteiger partial charge < -0.3 is 19.7 Å². The molecule has 1 aromatic heterocycles. The van der Waals surface area contributed by atoms with Crippen LogP contribution in [-0.4, -0.2) is 30.7 Å². The lowest BCUT2D eigenvalue weighted by Gasteiger charge is -2.30. The highest BCUT2D eigenvalue weighted by Gasteiger charge is 2.21. The number of nitrogens with zero attached hydrogens (tertiary/aromatic N) is 3. The Kier molecular flexibility index (Phi) is 5.25. The number of anilines is 3. The van der Waals surface area contributed by atoms with Crippen LogP contribution in [0.5, 0.6) is 11.5 Å². The van der Waals surface area contributed by atoms with E-state index < -0.39 is 0 Å². The van der Waals surface area contributed by atoms with E-state index in [1.54, 1.807) is 20.4 Å². The molecule has 0 atom stereocenters. The van der Waals surface area contributed by atoms with Crippen LogP contribution in [0.3, 0.4) is 0 Å². The number of rotatable bonds is 5. The van der Waals surface area contributed by atoms with Crippen molar-refractivity contribution in [1.82, 2.24) is 9.97 Å². The first kappa shape index (κ1) is 19.1. The van der Waals surface area contributed by atoms with E-state index in [0.29, 0.717) is 5.95 Å². The van der Waals surface area contributed by atoms with Crippen molar-refractivity contribution in [3.63, 3.8) is 0 Å². The summed E-state index contributed by atoms with van der Waals surface area (Å²) in [5, 5.41) is 3.36. The number of hydrogen-bond donors (Lipinski definition) is 1. The summed E-state index contributed by atoms with van der Waals surface area (Å²) in [6.07, 6.45) is 2.74. The van der Waals surface area contributed by atoms with Crippen LogP contribution in [0.4, 0.5) is 17.5 Å². The number of methoxy groups -OCH3 is 2. The predicted molar refractivity (Wildman–Crippen MR) is 116 cm³/mol. The summed E-state index contributed by atoms with van der Waals surface area (Å²) >= 11 is 0. The second-order valence-corrected chi connectivity index (χ2v) is 7.33. The van der Waals surface area contributed by atoms with Gasteiger partial charge in [0.25, 0.3) is 0 Å². The molecule has 2 aromatic carbocycles. The monoisotopic (exact) mass is 390 g/mol. The van der Waals surface area contributed by atoms with Crippen LogP contribution < -0.4 is 19.7 Å². The van der Waals surface area contributed by atoms with Crippen molar-refractivity contribution in [2.45, 2.75) is 26.8 Å². The minimum Gasteiger partial charge on any atom is -0.493 e. The summed E-state index contributed by atoms with van der Waals surface area (Å²) in [4.78, 5) is 11.4. The lowest BCUT2D eigenvalue weighted by atomic mass is 9.99. The molecule has 0 saturated heterocycles. The molecule has 2 heterocycles. The second kappa shape index (κ2) is 7.99. The van der Waals surface area contributed by atoms with E-state index in [2.05, 4.69) is 59.4 Å². The fourth-order valence-corrected chi connectivity index (χ4v) is 3.66. The summed E-state index contributed by atoms with van der Waals surface area (Å²) in [5.41, 5.74) is 5.92. The van der Waals surface area contributed by atoms with Crippen LogP contribution in [0.1, 0.15) is 22.3 Å². The topological polar surface area (TPSA) is 59.5 Å². The molecule has 0 radical (unpaired) electrons. The van der Waals surface area contributed by atoms with Gasteiger partial charge in [-0.05, 0) is 66.8 Å². The van der Waals surface area contributed by atoms with Gasteiger partial charge in [-0.1, -0.05) is 12.1 Å². The summed E-state index contributed by atoms with van der Waals surface area (Å²) < 4.78 is 10.9. The van der Waals surface area contributed by atoms with Crippen LogP contribution in [0.25, 0.3) is 0 Å². The van der Waals surface area contributed by atoms with Crippen LogP contribution in [0.15, 0.2) is 42.6 Å². The first-order valence-electron chi connectivity index (χ1n) is 9.73. The average molecular weight is 390 g/mol. The van der Waals surface area contributed by atoms with E-state index in [4.69, 9.17) is 14.5 Å². The van der Waals surface area contributed by atoms with Gasteiger partial charge in [-0.3, -0.25) is 0 Å². The molecule has 150 valence electrons. The van der Waals surface area contributed by atoms with Gasteiger partial charge in [-0.2, -0.15) is 4.98 Å². The number of nitrogens with one attached hydrogen (secondary N) is 1. The maximum Gasteiger partial charge on any atom is 0.229 e. The summed E-state index contributed by atoms with van der Waals surface area (Å²) in [7, 11) is 3.34.